The number of carbonyl (C=O) groups is 1. The molecular formula is C30H37NO6. The predicted molar refractivity (Wildman–Crippen MR) is 143 cm³/mol. The second kappa shape index (κ2) is 14.3. The fourth-order valence-electron chi connectivity index (χ4n) is 3.62. The molecule has 7 heteroatoms. The van der Waals surface area contributed by atoms with Crippen molar-refractivity contribution < 1.29 is 28.8 Å². The Kier molecular flexibility index (Phi) is 10.8. The molecule has 3 aromatic rings. The standard InChI is InChI=1S/C30H37NO6/c1-30(2,3)37-29(33)23-36-28-17-11-10-16-27(28)34-19-18-31(20-24-12-6-4-7-13-24)21-25(32)22-35-26-14-8-5-9-15-26/h4-17,25,32H,18-23H2,1-3H3. The van der Waals surface area contributed by atoms with Gasteiger partial charge in [0.2, 0.25) is 0 Å². The number of esters is 1. The average Bonchev–Trinajstić information content (AvgIpc) is 2.87. The van der Waals surface area contributed by atoms with E-state index in [1.165, 1.54) is 0 Å². The molecule has 0 bridgehead atoms. The van der Waals surface area contributed by atoms with Crippen LogP contribution in [0.25, 0.3) is 0 Å². The van der Waals surface area contributed by atoms with Gasteiger partial charge in [0, 0.05) is 19.6 Å². The fraction of sp³-hybridized carbons (Fsp3) is 0.367. The van der Waals surface area contributed by atoms with Crippen molar-refractivity contribution in [2.45, 2.75) is 39.0 Å². The Hall–Kier alpha value is -3.55. The number of carbonyl (C=O) groups excluding carboxylic acids is 1. The van der Waals surface area contributed by atoms with Gasteiger partial charge in [0.15, 0.2) is 18.1 Å². The summed E-state index contributed by atoms with van der Waals surface area (Å²) in [5.74, 6) is 1.29. The molecule has 0 aliphatic heterocycles. The number of hydrogen-bond donors (Lipinski definition) is 1. The van der Waals surface area contributed by atoms with Gasteiger partial charge in [-0.15, -0.1) is 0 Å². The van der Waals surface area contributed by atoms with Crippen LogP contribution in [0.4, 0.5) is 0 Å². The van der Waals surface area contributed by atoms with E-state index in [4.69, 9.17) is 18.9 Å². The van der Waals surface area contributed by atoms with E-state index in [0.29, 0.717) is 37.7 Å². The molecule has 1 N–H and O–H groups in total. The molecule has 0 amide bonds. The molecule has 37 heavy (non-hydrogen) atoms. The molecule has 3 rings (SSSR count). The van der Waals surface area contributed by atoms with Gasteiger partial charge in [-0.1, -0.05) is 60.7 Å². The maximum Gasteiger partial charge on any atom is 0.344 e. The lowest BCUT2D eigenvalue weighted by atomic mass is 10.2. The summed E-state index contributed by atoms with van der Waals surface area (Å²) in [5, 5.41) is 10.7. The first kappa shape index (κ1) is 28.0. The van der Waals surface area contributed by atoms with Gasteiger partial charge in [-0.2, -0.15) is 0 Å². The molecule has 0 radical (unpaired) electrons. The Morgan fingerprint density at radius 3 is 2.08 bits per heavy atom. The zero-order valence-electron chi connectivity index (χ0n) is 21.8. The number of hydrogen-bond acceptors (Lipinski definition) is 7. The van der Waals surface area contributed by atoms with Crippen molar-refractivity contribution in [2.75, 3.05) is 32.9 Å². The molecule has 0 fully saturated rings. The van der Waals surface area contributed by atoms with Gasteiger partial charge in [0.25, 0.3) is 0 Å². The maximum absolute atomic E-state index is 12.0. The van der Waals surface area contributed by atoms with Crippen molar-refractivity contribution in [3.8, 4) is 17.2 Å². The highest BCUT2D eigenvalue weighted by Gasteiger charge is 2.18. The van der Waals surface area contributed by atoms with E-state index in [9.17, 15) is 9.90 Å². The third kappa shape index (κ3) is 10.9. The molecule has 1 unspecified atom stereocenters. The van der Waals surface area contributed by atoms with Gasteiger partial charge < -0.3 is 24.1 Å². The molecule has 7 nitrogen and oxygen atoms in total. The summed E-state index contributed by atoms with van der Waals surface area (Å²) < 4.78 is 22.7. The van der Waals surface area contributed by atoms with E-state index < -0.39 is 17.7 Å². The number of rotatable bonds is 14. The topological polar surface area (TPSA) is 77.5 Å². The summed E-state index contributed by atoms with van der Waals surface area (Å²) in [6, 6.07) is 26.8. The number of aliphatic hydroxyl groups excluding tert-OH is 1. The van der Waals surface area contributed by atoms with Crippen LogP contribution in [0.15, 0.2) is 84.9 Å². The van der Waals surface area contributed by atoms with Crippen molar-refractivity contribution in [2.24, 2.45) is 0 Å². The first-order valence-corrected chi connectivity index (χ1v) is 12.5. The Morgan fingerprint density at radius 1 is 0.838 bits per heavy atom. The van der Waals surface area contributed by atoms with Crippen LogP contribution in [0.5, 0.6) is 17.2 Å². The van der Waals surface area contributed by atoms with Crippen LogP contribution >= 0.6 is 0 Å². The SMILES string of the molecule is CC(C)(C)OC(=O)COc1ccccc1OCCN(Cc1ccccc1)CC(O)COc1ccccc1. The highest BCUT2D eigenvalue weighted by molar-refractivity contribution is 5.71. The largest absolute Gasteiger partial charge is 0.491 e. The first-order chi connectivity index (χ1) is 17.8. The normalized spacial score (nSPS) is 12.1. The zero-order chi connectivity index (χ0) is 26.5. The van der Waals surface area contributed by atoms with Gasteiger partial charge in [0.05, 0.1) is 0 Å². The van der Waals surface area contributed by atoms with Gasteiger partial charge in [-0.05, 0) is 50.6 Å². The van der Waals surface area contributed by atoms with E-state index in [0.717, 1.165) is 11.3 Å². The molecule has 1 atom stereocenters. The minimum absolute atomic E-state index is 0.192. The summed E-state index contributed by atoms with van der Waals surface area (Å²) in [4.78, 5) is 14.2. The van der Waals surface area contributed by atoms with Crippen molar-refractivity contribution >= 4 is 5.97 Å². The Bertz CT molecular complexity index is 1070. The Morgan fingerprint density at radius 2 is 1.43 bits per heavy atom. The van der Waals surface area contributed by atoms with Gasteiger partial charge in [0.1, 0.15) is 30.7 Å². The first-order valence-electron chi connectivity index (χ1n) is 12.5. The second-order valence-corrected chi connectivity index (χ2v) is 9.67. The molecule has 0 spiro atoms. The molecule has 0 heterocycles. The third-order valence-corrected chi connectivity index (χ3v) is 5.18. The summed E-state index contributed by atoms with van der Waals surface area (Å²) in [5.41, 5.74) is 0.565. The molecule has 0 aromatic heterocycles. The monoisotopic (exact) mass is 507 g/mol. The van der Waals surface area contributed by atoms with Gasteiger partial charge in [-0.25, -0.2) is 4.79 Å². The summed E-state index contributed by atoms with van der Waals surface area (Å²) in [7, 11) is 0. The van der Waals surface area contributed by atoms with E-state index in [1.54, 1.807) is 12.1 Å². The third-order valence-electron chi connectivity index (χ3n) is 5.18. The maximum atomic E-state index is 12.0. The number of benzene rings is 3. The summed E-state index contributed by atoms with van der Waals surface area (Å²) in [6.07, 6.45) is -0.673. The fourth-order valence-corrected chi connectivity index (χ4v) is 3.62. The second-order valence-electron chi connectivity index (χ2n) is 9.67. The number of para-hydroxylation sites is 3. The highest BCUT2D eigenvalue weighted by atomic mass is 16.6. The zero-order valence-corrected chi connectivity index (χ0v) is 21.8. The lowest BCUT2D eigenvalue weighted by molar-refractivity contribution is -0.157. The molecule has 198 valence electrons. The quantitative estimate of drug-likeness (QED) is 0.316. The molecule has 0 saturated heterocycles. The number of aliphatic hydroxyl groups is 1. The molecule has 3 aromatic carbocycles. The van der Waals surface area contributed by atoms with Crippen molar-refractivity contribution in [3.63, 3.8) is 0 Å². The lowest BCUT2D eigenvalue weighted by Crippen LogP contribution is -2.37. The summed E-state index contributed by atoms with van der Waals surface area (Å²) >= 11 is 0. The van der Waals surface area contributed by atoms with E-state index in [1.807, 2.05) is 81.4 Å². The number of ether oxygens (including phenoxy) is 4. The average molecular weight is 508 g/mol. The van der Waals surface area contributed by atoms with Crippen LogP contribution in [0.3, 0.4) is 0 Å². The van der Waals surface area contributed by atoms with Crippen LogP contribution in [0.1, 0.15) is 26.3 Å². The smallest absolute Gasteiger partial charge is 0.344 e. The molecular weight excluding hydrogens is 470 g/mol. The Balaban J connectivity index is 1.55. The van der Waals surface area contributed by atoms with Crippen molar-refractivity contribution in [1.29, 1.82) is 0 Å². The Labute approximate surface area is 219 Å². The van der Waals surface area contributed by atoms with Crippen LogP contribution in [-0.2, 0) is 16.1 Å². The van der Waals surface area contributed by atoms with Crippen molar-refractivity contribution in [3.05, 3.63) is 90.5 Å². The summed E-state index contributed by atoms with van der Waals surface area (Å²) in [6.45, 7) is 7.44. The molecule has 0 saturated carbocycles. The minimum atomic E-state index is -0.673. The van der Waals surface area contributed by atoms with Crippen LogP contribution in [-0.4, -0.2) is 60.6 Å². The van der Waals surface area contributed by atoms with Crippen LogP contribution in [0.2, 0.25) is 0 Å². The van der Waals surface area contributed by atoms with Crippen LogP contribution < -0.4 is 14.2 Å². The predicted octanol–water partition coefficient (Wildman–Crippen LogP) is 4.73. The van der Waals surface area contributed by atoms with Crippen LogP contribution in [0, 0.1) is 0 Å². The van der Waals surface area contributed by atoms with E-state index >= 15 is 0 Å². The van der Waals surface area contributed by atoms with Crippen molar-refractivity contribution in [1.82, 2.24) is 4.90 Å². The molecule has 0 aliphatic carbocycles. The minimum Gasteiger partial charge on any atom is -0.491 e. The van der Waals surface area contributed by atoms with Gasteiger partial charge in [-0.3, -0.25) is 4.90 Å². The van der Waals surface area contributed by atoms with E-state index in [-0.39, 0.29) is 13.2 Å². The number of nitrogens with zero attached hydrogens (tertiary/aromatic N) is 1. The highest BCUT2D eigenvalue weighted by Crippen LogP contribution is 2.26. The lowest BCUT2D eigenvalue weighted by Gasteiger charge is -2.25. The van der Waals surface area contributed by atoms with Gasteiger partial charge >= 0.3 is 5.97 Å². The molecule has 0 aliphatic rings. The van der Waals surface area contributed by atoms with E-state index in [2.05, 4.69) is 17.0 Å².